The maximum Gasteiger partial charge on any atom is 0.237 e. The highest BCUT2D eigenvalue weighted by molar-refractivity contribution is 5.78. The number of fused-ring (bicyclic) bond motifs is 1. The second-order valence-electron chi connectivity index (χ2n) is 6.60. The van der Waals surface area contributed by atoms with Crippen molar-refractivity contribution in [1.82, 2.24) is 9.80 Å². The van der Waals surface area contributed by atoms with Gasteiger partial charge in [0.05, 0.1) is 6.54 Å². The highest BCUT2D eigenvalue weighted by Crippen LogP contribution is 2.22. The van der Waals surface area contributed by atoms with Crippen LogP contribution in [0.25, 0.3) is 0 Å². The second kappa shape index (κ2) is 7.31. The summed E-state index contributed by atoms with van der Waals surface area (Å²) in [6.07, 6.45) is 0.865. The van der Waals surface area contributed by atoms with Crippen LogP contribution < -0.4 is 0 Å². The summed E-state index contributed by atoms with van der Waals surface area (Å²) in [5, 5.41) is 0. The Balaban J connectivity index is 1.63. The molecule has 1 unspecified atom stereocenters. The molecule has 0 aromatic heterocycles. The zero-order chi connectivity index (χ0) is 18.0. The van der Waals surface area contributed by atoms with E-state index < -0.39 is 11.6 Å². The smallest absolute Gasteiger partial charge is 0.237 e. The first-order valence-corrected chi connectivity index (χ1v) is 8.45. The van der Waals surface area contributed by atoms with Crippen molar-refractivity contribution in [2.45, 2.75) is 25.9 Å². The molecule has 1 aliphatic rings. The van der Waals surface area contributed by atoms with E-state index in [1.807, 2.05) is 35.9 Å². The van der Waals surface area contributed by atoms with Gasteiger partial charge in [-0.3, -0.25) is 9.69 Å². The number of hydrogen-bond acceptors (Lipinski definition) is 2. The summed E-state index contributed by atoms with van der Waals surface area (Å²) in [4.78, 5) is 16.3. The number of benzene rings is 2. The van der Waals surface area contributed by atoms with Gasteiger partial charge < -0.3 is 4.90 Å². The largest absolute Gasteiger partial charge is 0.337 e. The lowest BCUT2D eigenvalue weighted by atomic mass is 10.00. The molecule has 1 heterocycles. The molecule has 5 heteroatoms. The summed E-state index contributed by atoms with van der Waals surface area (Å²) >= 11 is 0. The normalized spacial score (nSPS) is 15.2. The molecule has 3 nitrogen and oxygen atoms in total. The van der Waals surface area contributed by atoms with Gasteiger partial charge >= 0.3 is 0 Å². The van der Waals surface area contributed by atoms with Crippen molar-refractivity contribution < 1.29 is 13.6 Å². The van der Waals surface area contributed by atoms with Crippen molar-refractivity contribution >= 4 is 5.91 Å². The second-order valence-corrected chi connectivity index (χ2v) is 6.60. The monoisotopic (exact) mass is 344 g/mol. The molecular formula is C20H22F2N2O. The van der Waals surface area contributed by atoms with E-state index in [1.165, 1.54) is 17.2 Å². The SMILES string of the molecule is CC(c1ccc(F)c(F)c1)N(C)CC(=O)N1CCc2ccccc2C1. The minimum Gasteiger partial charge on any atom is -0.337 e. The average Bonchev–Trinajstić information content (AvgIpc) is 2.62. The fourth-order valence-corrected chi connectivity index (χ4v) is 3.19. The van der Waals surface area contributed by atoms with Crippen molar-refractivity contribution in [2.24, 2.45) is 0 Å². The topological polar surface area (TPSA) is 23.6 Å². The molecule has 132 valence electrons. The highest BCUT2D eigenvalue weighted by Gasteiger charge is 2.23. The third-order valence-corrected chi connectivity index (χ3v) is 4.96. The average molecular weight is 344 g/mol. The molecule has 1 atom stereocenters. The van der Waals surface area contributed by atoms with Crippen LogP contribution in [0.3, 0.4) is 0 Å². The van der Waals surface area contributed by atoms with E-state index in [0.29, 0.717) is 18.7 Å². The van der Waals surface area contributed by atoms with E-state index in [1.54, 1.807) is 6.07 Å². The predicted molar refractivity (Wildman–Crippen MR) is 93.0 cm³/mol. The lowest BCUT2D eigenvalue weighted by molar-refractivity contribution is -0.133. The van der Waals surface area contributed by atoms with Crippen LogP contribution in [0.2, 0.25) is 0 Å². The molecule has 0 bridgehead atoms. The Morgan fingerprint density at radius 1 is 1.16 bits per heavy atom. The van der Waals surface area contributed by atoms with Gasteiger partial charge in [-0.05, 0) is 49.2 Å². The molecule has 0 spiro atoms. The first-order valence-electron chi connectivity index (χ1n) is 8.45. The number of carbonyl (C=O) groups is 1. The van der Waals surface area contributed by atoms with E-state index in [4.69, 9.17) is 0 Å². The van der Waals surface area contributed by atoms with Gasteiger partial charge in [-0.25, -0.2) is 8.78 Å². The molecule has 25 heavy (non-hydrogen) atoms. The molecule has 0 N–H and O–H groups in total. The van der Waals surface area contributed by atoms with Gasteiger partial charge in [-0.15, -0.1) is 0 Å². The van der Waals surface area contributed by atoms with Gasteiger partial charge in [0.15, 0.2) is 11.6 Å². The Morgan fingerprint density at radius 2 is 1.88 bits per heavy atom. The molecule has 2 aromatic rings. The number of rotatable bonds is 4. The van der Waals surface area contributed by atoms with Crippen molar-refractivity contribution in [3.05, 3.63) is 70.8 Å². The number of nitrogens with zero attached hydrogens (tertiary/aromatic N) is 2. The molecule has 1 amide bonds. The van der Waals surface area contributed by atoms with E-state index >= 15 is 0 Å². The van der Waals surface area contributed by atoms with Crippen LogP contribution >= 0.6 is 0 Å². The number of likely N-dealkylation sites (N-methyl/N-ethyl adjacent to an activating group) is 1. The minimum atomic E-state index is -0.864. The standard InChI is InChI=1S/C20H22F2N2O/c1-14(16-7-8-18(21)19(22)11-16)23(2)13-20(25)24-10-9-15-5-3-4-6-17(15)12-24/h3-8,11,14H,9-10,12-13H2,1-2H3. The molecule has 0 saturated heterocycles. The number of hydrogen-bond donors (Lipinski definition) is 0. The molecular weight excluding hydrogens is 322 g/mol. The summed E-state index contributed by atoms with van der Waals surface area (Å²) in [6.45, 7) is 3.46. The molecule has 1 aliphatic heterocycles. The first kappa shape index (κ1) is 17.5. The van der Waals surface area contributed by atoms with E-state index in [-0.39, 0.29) is 18.5 Å². The summed E-state index contributed by atoms with van der Waals surface area (Å²) in [5.74, 6) is -1.68. The van der Waals surface area contributed by atoms with Gasteiger partial charge in [-0.2, -0.15) is 0 Å². The minimum absolute atomic E-state index is 0.0476. The molecule has 0 fully saturated rings. The Kier molecular flexibility index (Phi) is 5.13. The van der Waals surface area contributed by atoms with Crippen LogP contribution in [0.5, 0.6) is 0 Å². The van der Waals surface area contributed by atoms with Gasteiger partial charge in [0.2, 0.25) is 5.91 Å². The van der Waals surface area contributed by atoms with Crippen LogP contribution in [-0.2, 0) is 17.8 Å². The summed E-state index contributed by atoms with van der Waals surface area (Å²) in [5.41, 5.74) is 3.15. The van der Waals surface area contributed by atoms with Crippen LogP contribution in [0.15, 0.2) is 42.5 Å². The van der Waals surface area contributed by atoms with Gasteiger partial charge in [0.25, 0.3) is 0 Å². The van der Waals surface area contributed by atoms with E-state index in [9.17, 15) is 13.6 Å². The summed E-state index contributed by atoms with van der Waals surface area (Å²) in [6, 6.07) is 11.9. The third kappa shape index (κ3) is 3.87. The lowest BCUT2D eigenvalue weighted by Crippen LogP contribution is -2.42. The Labute approximate surface area is 146 Å². The van der Waals surface area contributed by atoms with Gasteiger partial charge in [-0.1, -0.05) is 30.3 Å². The first-order chi connectivity index (χ1) is 12.0. The highest BCUT2D eigenvalue weighted by atomic mass is 19.2. The maximum atomic E-state index is 13.4. The van der Waals surface area contributed by atoms with Crippen LogP contribution in [-0.4, -0.2) is 35.8 Å². The van der Waals surface area contributed by atoms with Crippen LogP contribution in [0, 0.1) is 11.6 Å². The molecule has 0 radical (unpaired) electrons. The van der Waals surface area contributed by atoms with Gasteiger partial charge in [0, 0.05) is 19.1 Å². The van der Waals surface area contributed by atoms with Crippen molar-refractivity contribution in [3.63, 3.8) is 0 Å². The van der Waals surface area contributed by atoms with Gasteiger partial charge in [0.1, 0.15) is 0 Å². The van der Waals surface area contributed by atoms with Crippen LogP contribution in [0.1, 0.15) is 29.7 Å². The molecule has 2 aromatic carbocycles. The quantitative estimate of drug-likeness (QED) is 0.847. The van der Waals surface area contributed by atoms with E-state index in [0.717, 1.165) is 12.5 Å². The Morgan fingerprint density at radius 3 is 2.60 bits per heavy atom. The fraction of sp³-hybridized carbons (Fsp3) is 0.350. The fourth-order valence-electron chi connectivity index (χ4n) is 3.19. The van der Waals surface area contributed by atoms with E-state index in [2.05, 4.69) is 12.1 Å². The molecule has 0 saturated carbocycles. The number of amides is 1. The number of halogens is 2. The zero-order valence-corrected chi connectivity index (χ0v) is 14.5. The van der Waals surface area contributed by atoms with Crippen LogP contribution in [0.4, 0.5) is 8.78 Å². The molecule has 3 rings (SSSR count). The maximum absolute atomic E-state index is 13.4. The zero-order valence-electron chi connectivity index (χ0n) is 14.5. The summed E-state index contributed by atoms with van der Waals surface area (Å²) in [7, 11) is 1.82. The lowest BCUT2D eigenvalue weighted by Gasteiger charge is -2.32. The predicted octanol–water partition coefficient (Wildman–Crippen LogP) is 3.54. The third-order valence-electron chi connectivity index (χ3n) is 4.96. The van der Waals surface area contributed by atoms with Crippen molar-refractivity contribution in [2.75, 3.05) is 20.1 Å². The molecule has 0 aliphatic carbocycles. The Hall–Kier alpha value is -2.27. The van der Waals surface area contributed by atoms with Crippen molar-refractivity contribution in [3.8, 4) is 0 Å². The Bertz CT molecular complexity index is 778. The summed E-state index contributed by atoms with van der Waals surface area (Å²) < 4.78 is 26.5. The number of carbonyl (C=O) groups excluding carboxylic acids is 1. The van der Waals surface area contributed by atoms with Crippen molar-refractivity contribution in [1.29, 1.82) is 0 Å².